The van der Waals surface area contributed by atoms with Crippen LogP contribution < -0.4 is 20.1 Å². The number of likely N-dealkylation sites (tertiary alicyclic amines) is 1. The Hall–Kier alpha value is -6.05. The Balaban J connectivity index is 0.993. The van der Waals surface area contributed by atoms with Crippen molar-refractivity contribution in [3.63, 3.8) is 0 Å². The Kier molecular flexibility index (Phi) is 10.2. The molecule has 0 unspecified atom stereocenters. The Bertz CT molecular complexity index is 2590. The number of methoxy groups -OCH3 is 1. The molecule has 16 heteroatoms. The van der Waals surface area contributed by atoms with E-state index < -0.39 is 35.7 Å². The number of rotatable bonds is 11. The predicted molar refractivity (Wildman–Crippen MR) is 211 cm³/mol. The number of aliphatic carboxylic acids is 1. The van der Waals surface area contributed by atoms with Crippen LogP contribution in [0.4, 0.5) is 13.2 Å². The molecule has 2 aliphatic carbocycles. The van der Waals surface area contributed by atoms with Crippen molar-refractivity contribution in [2.45, 2.75) is 82.8 Å². The van der Waals surface area contributed by atoms with Crippen LogP contribution in [0.3, 0.4) is 0 Å². The molecule has 2 fully saturated rings. The number of carbonyl (C=O) groups excluding carboxylic acids is 1. The summed E-state index contributed by atoms with van der Waals surface area (Å²) in [6, 6.07) is 15.7. The molecule has 9 rings (SSSR count). The molecule has 3 aromatic carbocycles. The van der Waals surface area contributed by atoms with Gasteiger partial charge in [-0.2, -0.15) is 23.4 Å². The summed E-state index contributed by atoms with van der Waals surface area (Å²) in [5.74, 6) is -1.65. The first-order valence-corrected chi connectivity index (χ1v) is 20.2. The molecular formula is C44H42F3N7O6. The van der Waals surface area contributed by atoms with Crippen molar-refractivity contribution in [1.82, 2.24) is 30.5 Å². The zero-order valence-electron chi connectivity index (χ0n) is 33.0. The summed E-state index contributed by atoms with van der Waals surface area (Å²) in [7, 11) is 1.31. The Morgan fingerprint density at radius 2 is 1.80 bits per heavy atom. The van der Waals surface area contributed by atoms with Crippen LogP contribution in [-0.4, -0.2) is 69.6 Å². The van der Waals surface area contributed by atoms with Gasteiger partial charge in [0.25, 0.3) is 0 Å². The second-order valence-corrected chi connectivity index (χ2v) is 15.9. The van der Waals surface area contributed by atoms with Crippen LogP contribution in [0.25, 0.3) is 33.7 Å². The first-order valence-electron chi connectivity index (χ1n) is 20.2. The minimum absolute atomic E-state index is 0.00802. The van der Waals surface area contributed by atoms with E-state index in [0.717, 1.165) is 50.9 Å². The van der Waals surface area contributed by atoms with Crippen LogP contribution in [-0.2, 0) is 35.2 Å². The number of nitrogens with one attached hydrogen (secondary N) is 2. The van der Waals surface area contributed by atoms with Gasteiger partial charge in [0.1, 0.15) is 28.9 Å². The van der Waals surface area contributed by atoms with E-state index in [0.29, 0.717) is 80.7 Å². The lowest BCUT2D eigenvalue weighted by molar-refractivity contribution is -0.144. The fraction of sp³-hybridized carbons (Fsp3) is 0.409. The number of carbonyl (C=O) groups is 2. The zero-order chi connectivity index (χ0) is 41.9. The molecule has 5 aromatic rings. The SMILES string of the molecule is COc1nc(O[C@H]2CCc3c(-c4cccc(-c5nc6cc7c(c(C#N)c6o5)CC[C@H]7N5CC[C@@H](C(=O)O)C5)c4C)cccc32)c(C(F)(F)F)nc1CNC[C@H]1CCC(=O)N1. The molecule has 310 valence electrons. The topological polar surface area (TPSA) is 176 Å². The van der Waals surface area contributed by atoms with Gasteiger partial charge < -0.3 is 29.6 Å². The lowest BCUT2D eigenvalue weighted by Gasteiger charge is -2.24. The molecule has 0 radical (unpaired) electrons. The number of benzene rings is 3. The number of alkyl halides is 3. The lowest BCUT2D eigenvalue weighted by atomic mass is 9.91. The fourth-order valence-corrected chi connectivity index (χ4v) is 9.48. The third-order valence-electron chi connectivity index (χ3n) is 12.4. The highest BCUT2D eigenvalue weighted by molar-refractivity contribution is 5.86. The number of carboxylic acid groups (broad SMARTS) is 1. The average molecular weight is 822 g/mol. The number of aromatic nitrogens is 3. The number of fused-ring (bicyclic) bond motifs is 3. The third-order valence-corrected chi connectivity index (χ3v) is 12.4. The van der Waals surface area contributed by atoms with Gasteiger partial charge in [-0.1, -0.05) is 30.3 Å². The van der Waals surface area contributed by atoms with Crippen molar-refractivity contribution < 1.29 is 41.8 Å². The molecule has 0 bridgehead atoms. The molecule has 4 heterocycles. The molecule has 13 nitrogen and oxygen atoms in total. The Labute approximate surface area is 342 Å². The van der Waals surface area contributed by atoms with Crippen molar-refractivity contribution in [1.29, 1.82) is 5.26 Å². The maximum Gasteiger partial charge on any atom is 0.438 e. The predicted octanol–water partition coefficient (Wildman–Crippen LogP) is 6.99. The van der Waals surface area contributed by atoms with Crippen molar-refractivity contribution in [3.8, 4) is 40.4 Å². The summed E-state index contributed by atoms with van der Waals surface area (Å²) in [4.78, 5) is 38.5. The highest BCUT2D eigenvalue weighted by Crippen LogP contribution is 2.46. The number of oxazole rings is 1. The highest BCUT2D eigenvalue weighted by atomic mass is 19.4. The summed E-state index contributed by atoms with van der Waals surface area (Å²) in [6.07, 6.45) is -1.53. The number of amides is 1. The number of ether oxygens (including phenoxy) is 2. The molecule has 2 aliphatic heterocycles. The second-order valence-electron chi connectivity index (χ2n) is 15.9. The average Bonchev–Trinajstić information content (AvgIpc) is 4.08. The van der Waals surface area contributed by atoms with Crippen molar-refractivity contribution in [2.24, 2.45) is 5.92 Å². The van der Waals surface area contributed by atoms with Crippen LogP contribution in [0, 0.1) is 24.2 Å². The summed E-state index contributed by atoms with van der Waals surface area (Å²) in [6.45, 7) is 3.42. The van der Waals surface area contributed by atoms with E-state index in [9.17, 15) is 33.1 Å². The second kappa shape index (κ2) is 15.5. The van der Waals surface area contributed by atoms with Gasteiger partial charge in [-0.3, -0.25) is 14.5 Å². The number of carboxylic acids is 1. The van der Waals surface area contributed by atoms with Gasteiger partial charge in [-0.25, -0.2) is 9.97 Å². The van der Waals surface area contributed by atoms with Crippen molar-refractivity contribution in [3.05, 3.63) is 87.2 Å². The largest absolute Gasteiger partial charge is 0.481 e. The molecule has 3 N–H and O–H groups in total. The van der Waals surface area contributed by atoms with Gasteiger partial charge in [0.05, 0.1) is 13.0 Å². The molecule has 4 atom stereocenters. The van der Waals surface area contributed by atoms with Gasteiger partial charge in [-0.15, -0.1) is 0 Å². The monoisotopic (exact) mass is 821 g/mol. The van der Waals surface area contributed by atoms with E-state index in [1.54, 1.807) is 0 Å². The molecule has 2 saturated heterocycles. The van der Waals surface area contributed by atoms with Gasteiger partial charge >= 0.3 is 12.1 Å². The number of nitriles is 1. The highest BCUT2D eigenvalue weighted by Gasteiger charge is 2.41. The van der Waals surface area contributed by atoms with Gasteiger partial charge in [-0.05, 0) is 103 Å². The van der Waals surface area contributed by atoms with Crippen LogP contribution in [0.15, 0.2) is 46.9 Å². The minimum atomic E-state index is -4.86. The number of hydrogen-bond donors (Lipinski definition) is 3. The summed E-state index contributed by atoms with van der Waals surface area (Å²) in [5, 5.41) is 25.8. The zero-order valence-corrected chi connectivity index (χ0v) is 33.0. The lowest BCUT2D eigenvalue weighted by Crippen LogP contribution is -2.35. The van der Waals surface area contributed by atoms with Crippen molar-refractivity contribution in [2.75, 3.05) is 26.7 Å². The number of nitrogens with zero attached hydrogens (tertiary/aromatic N) is 5. The number of halogens is 3. The van der Waals surface area contributed by atoms with E-state index in [-0.39, 0.29) is 36.1 Å². The smallest absolute Gasteiger partial charge is 0.438 e. The third kappa shape index (κ3) is 7.09. The maximum atomic E-state index is 14.5. The quantitative estimate of drug-likeness (QED) is 0.125. The molecule has 0 saturated carbocycles. The van der Waals surface area contributed by atoms with Crippen molar-refractivity contribution >= 4 is 23.0 Å². The van der Waals surface area contributed by atoms with E-state index in [1.807, 2.05) is 49.4 Å². The molecular weight excluding hydrogens is 780 g/mol. The van der Waals surface area contributed by atoms with E-state index in [4.69, 9.17) is 18.9 Å². The summed E-state index contributed by atoms with van der Waals surface area (Å²) < 4.78 is 61.4. The van der Waals surface area contributed by atoms with E-state index in [2.05, 4.69) is 31.6 Å². The first kappa shape index (κ1) is 39.4. The molecule has 60 heavy (non-hydrogen) atoms. The van der Waals surface area contributed by atoms with Crippen LogP contribution >= 0.6 is 0 Å². The van der Waals surface area contributed by atoms with Gasteiger partial charge in [0.2, 0.25) is 29.3 Å². The van der Waals surface area contributed by atoms with E-state index >= 15 is 0 Å². The molecule has 4 aliphatic rings. The normalized spacial score (nSPS) is 21.2. The first-order chi connectivity index (χ1) is 28.9. The van der Waals surface area contributed by atoms with Crippen LogP contribution in [0.2, 0.25) is 0 Å². The molecule has 0 spiro atoms. The number of hydrogen-bond acceptors (Lipinski definition) is 11. The standard InChI is InChI=1S/C44H42F3N7O6/c1-22-25(5-3-6-26(22)40-52-33-17-31-29(32(18-48)38(33)60-40)10-12-35(31)54-16-15-23(21-54)43(56)57)27-7-4-8-30-28(27)11-13-36(30)59-42-39(44(45,46)47)51-34(41(53-42)58-2)20-49-19-24-9-14-37(55)50-24/h3-8,17,23-24,35-36,49H,9-16,19-21H2,1-2H3,(H,50,55)(H,56,57)/t23-,24-,35-,36+/m1/s1. The van der Waals surface area contributed by atoms with Crippen LogP contribution in [0.1, 0.15) is 89.0 Å². The minimum Gasteiger partial charge on any atom is -0.481 e. The maximum absolute atomic E-state index is 14.5. The summed E-state index contributed by atoms with van der Waals surface area (Å²) >= 11 is 0. The molecule has 2 aromatic heterocycles. The molecule has 1 amide bonds. The van der Waals surface area contributed by atoms with Gasteiger partial charge in [0, 0.05) is 43.7 Å². The Morgan fingerprint density at radius 3 is 2.53 bits per heavy atom. The Morgan fingerprint density at radius 1 is 1.02 bits per heavy atom. The van der Waals surface area contributed by atoms with Crippen LogP contribution in [0.5, 0.6) is 11.8 Å². The fourth-order valence-electron chi connectivity index (χ4n) is 9.48. The van der Waals surface area contributed by atoms with E-state index in [1.165, 1.54) is 7.11 Å². The summed E-state index contributed by atoms with van der Waals surface area (Å²) in [5.41, 5.74) is 7.17. The van der Waals surface area contributed by atoms with Gasteiger partial charge in [0.15, 0.2) is 5.58 Å².